The molecule has 0 amide bonds. The molecule has 3 N–H and O–H groups in total. The minimum Gasteiger partial charge on any atom is -0.327 e. The fourth-order valence-corrected chi connectivity index (χ4v) is 3.60. The second kappa shape index (κ2) is 7.68. The topological polar surface area (TPSA) is 76.2 Å². The van der Waals surface area contributed by atoms with Crippen LogP contribution >= 0.6 is 0 Å². The summed E-state index contributed by atoms with van der Waals surface area (Å²) in [5, 5.41) is 3.38. The van der Waals surface area contributed by atoms with Gasteiger partial charge in [-0.3, -0.25) is 9.89 Å². The summed E-state index contributed by atoms with van der Waals surface area (Å²) in [4.78, 5) is 17.7. The molecule has 2 aromatic carbocycles. The first kappa shape index (κ1) is 19.7. The Labute approximate surface area is 171 Å². The predicted molar refractivity (Wildman–Crippen MR) is 115 cm³/mol. The van der Waals surface area contributed by atoms with Crippen LogP contribution in [0.3, 0.4) is 0 Å². The highest BCUT2D eigenvalue weighted by molar-refractivity contribution is 5.89. The van der Waals surface area contributed by atoms with Gasteiger partial charge >= 0.3 is 0 Å². The molecule has 0 aliphatic heterocycles. The molecule has 4 rings (SSSR count). The van der Waals surface area contributed by atoms with Crippen molar-refractivity contribution in [2.45, 2.75) is 13.8 Å². The van der Waals surface area contributed by atoms with Crippen LogP contribution in [-0.4, -0.2) is 21.1 Å². The summed E-state index contributed by atoms with van der Waals surface area (Å²) in [5.74, 6) is -1.39. The first-order valence-corrected chi connectivity index (χ1v) is 9.48. The minimum atomic E-state index is -0.717. The van der Waals surface area contributed by atoms with Crippen molar-refractivity contribution in [1.82, 2.24) is 14.6 Å². The van der Waals surface area contributed by atoms with Crippen LogP contribution in [0.4, 0.5) is 8.78 Å². The van der Waals surface area contributed by atoms with E-state index < -0.39 is 11.6 Å². The molecule has 0 atom stereocenters. The lowest BCUT2D eigenvalue weighted by molar-refractivity contribution is 0.585. The van der Waals surface area contributed by atoms with Gasteiger partial charge in [-0.1, -0.05) is 24.3 Å². The molecule has 2 aromatic heterocycles. The average Bonchev–Trinajstić information content (AvgIpc) is 3.05. The van der Waals surface area contributed by atoms with Crippen molar-refractivity contribution in [1.29, 1.82) is 0 Å². The second-order valence-corrected chi connectivity index (χ2v) is 6.93. The molecule has 0 aliphatic carbocycles. The van der Waals surface area contributed by atoms with Crippen molar-refractivity contribution in [2.75, 3.05) is 6.54 Å². The Balaban J connectivity index is 2.00. The summed E-state index contributed by atoms with van der Waals surface area (Å²) >= 11 is 0. The fourth-order valence-electron chi connectivity index (χ4n) is 3.60. The molecule has 0 spiro atoms. The summed E-state index contributed by atoms with van der Waals surface area (Å²) < 4.78 is 29.1. The zero-order chi connectivity index (χ0) is 21.4. The number of hydrogen-bond donors (Lipinski definition) is 2. The van der Waals surface area contributed by atoms with E-state index in [2.05, 4.69) is 10.1 Å². The number of aromatic nitrogens is 3. The van der Waals surface area contributed by atoms with E-state index in [9.17, 15) is 13.6 Å². The van der Waals surface area contributed by atoms with Gasteiger partial charge in [-0.2, -0.15) is 0 Å². The maximum atomic E-state index is 14.5. The van der Waals surface area contributed by atoms with Crippen molar-refractivity contribution in [2.24, 2.45) is 5.73 Å². The number of fused-ring (bicyclic) bond motifs is 2. The van der Waals surface area contributed by atoms with E-state index in [1.807, 2.05) is 37.3 Å². The molecule has 0 saturated heterocycles. The van der Waals surface area contributed by atoms with Gasteiger partial charge in [0.2, 0.25) is 0 Å². The lowest BCUT2D eigenvalue weighted by atomic mass is 10.0. The van der Waals surface area contributed by atoms with Crippen LogP contribution in [0.15, 0.2) is 59.4 Å². The fraction of sp³-hybridized carbons (Fsp3) is 0.130. The largest absolute Gasteiger partial charge is 0.327 e. The highest BCUT2D eigenvalue weighted by atomic mass is 19.1. The van der Waals surface area contributed by atoms with Crippen molar-refractivity contribution in [3.63, 3.8) is 0 Å². The number of aryl methyl sites for hydroxylation is 1. The van der Waals surface area contributed by atoms with E-state index in [0.29, 0.717) is 28.7 Å². The molecule has 0 saturated carbocycles. The molecule has 2 heterocycles. The lowest BCUT2D eigenvalue weighted by Crippen LogP contribution is -2.15. The smallest absolute Gasteiger partial charge is 0.280 e. The van der Waals surface area contributed by atoms with Crippen LogP contribution in [0.1, 0.15) is 18.2 Å². The second-order valence-electron chi connectivity index (χ2n) is 6.93. The third-order valence-electron chi connectivity index (χ3n) is 5.03. The van der Waals surface area contributed by atoms with Gasteiger partial charge in [0, 0.05) is 29.4 Å². The van der Waals surface area contributed by atoms with E-state index in [1.165, 1.54) is 16.6 Å². The van der Waals surface area contributed by atoms with Crippen LogP contribution in [0, 0.1) is 18.6 Å². The first-order valence-electron chi connectivity index (χ1n) is 9.48. The number of aromatic amines is 1. The Bertz CT molecular complexity index is 1400. The molecule has 0 aliphatic rings. The lowest BCUT2D eigenvalue weighted by Gasteiger charge is -2.06. The van der Waals surface area contributed by atoms with Crippen molar-refractivity contribution < 1.29 is 8.78 Å². The third-order valence-corrected chi connectivity index (χ3v) is 5.03. The van der Waals surface area contributed by atoms with Crippen LogP contribution < -0.4 is 11.3 Å². The first-order chi connectivity index (χ1) is 14.4. The Morgan fingerprint density at radius 1 is 1.23 bits per heavy atom. The molecule has 30 heavy (non-hydrogen) atoms. The number of benzene rings is 2. The van der Waals surface area contributed by atoms with Gasteiger partial charge in [-0.15, -0.1) is 0 Å². The maximum Gasteiger partial charge on any atom is 0.280 e. The average molecular weight is 406 g/mol. The van der Waals surface area contributed by atoms with Crippen molar-refractivity contribution in [3.05, 3.63) is 87.9 Å². The molecule has 0 bridgehead atoms. The van der Waals surface area contributed by atoms with Gasteiger partial charge in [0.05, 0.1) is 10.9 Å². The maximum absolute atomic E-state index is 14.5. The van der Waals surface area contributed by atoms with Crippen molar-refractivity contribution >= 4 is 22.1 Å². The number of allylic oxidation sites excluding steroid dienone is 3. The van der Waals surface area contributed by atoms with Gasteiger partial charge in [-0.25, -0.2) is 18.3 Å². The minimum absolute atomic E-state index is 0.176. The number of rotatable bonds is 4. The number of nitrogens with one attached hydrogen (secondary N) is 1. The van der Waals surface area contributed by atoms with Crippen LogP contribution in [0.2, 0.25) is 0 Å². The predicted octanol–water partition coefficient (Wildman–Crippen LogP) is 4.35. The Kier molecular flexibility index (Phi) is 5.05. The number of H-pyrrole nitrogens is 1. The highest BCUT2D eigenvalue weighted by Crippen LogP contribution is 2.30. The Morgan fingerprint density at radius 2 is 2.03 bits per heavy atom. The van der Waals surface area contributed by atoms with Gasteiger partial charge in [0.25, 0.3) is 5.56 Å². The number of nitrogens with two attached hydrogens (primary N) is 1. The molecule has 0 unspecified atom stereocenters. The van der Waals surface area contributed by atoms with E-state index >= 15 is 0 Å². The molecule has 0 radical (unpaired) electrons. The van der Waals surface area contributed by atoms with Crippen LogP contribution in [0.25, 0.3) is 33.3 Å². The molecule has 4 aromatic rings. The molecule has 7 heteroatoms. The number of nitrogens with zero attached hydrogens (tertiary/aromatic N) is 2. The summed E-state index contributed by atoms with van der Waals surface area (Å²) in [6.45, 7) is 4.05. The highest BCUT2D eigenvalue weighted by Gasteiger charge is 2.19. The van der Waals surface area contributed by atoms with Gasteiger partial charge in [-0.05, 0) is 49.2 Å². The molecular weight excluding hydrogens is 386 g/mol. The zero-order valence-electron chi connectivity index (χ0n) is 16.5. The molecule has 152 valence electrons. The summed E-state index contributed by atoms with van der Waals surface area (Å²) in [7, 11) is 0. The van der Waals surface area contributed by atoms with E-state index in [-0.39, 0.29) is 16.8 Å². The SMILES string of the molecule is C/C=C(\C=C/CN)c1ccc2c(=O)n3[nH]c(C)c(-c4ccc(F)cc4F)c3nc2c1. The molecule has 5 nitrogen and oxygen atoms in total. The van der Waals surface area contributed by atoms with E-state index in [1.54, 1.807) is 13.0 Å². The third kappa shape index (κ3) is 3.23. The van der Waals surface area contributed by atoms with Gasteiger partial charge < -0.3 is 5.73 Å². The Morgan fingerprint density at radius 3 is 2.73 bits per heavy atom. The van der Waals surface area contributed by atoms with Gasteiger partial charge in [0.15, 0.2) is 5.65 Å². The summed E-state index contributed by atoms with van der Waals surface area (Å²) in [5.41, 5.74) is 9.01. The van der Waals surface area contributed by atoms with Gasteiger partial charge in [0.1, 0.15) is 11.6 Å². The molecule has 0 fully saturated rings. The number of halogens is 2. The van der Waals surface area contributed by atoms with E-state index in [0.717, 1.165) is 17.2 Å². The number of hydrogen-bond acceptors (Lipinski definition) is 3. The zero-order valence-corrected chi connectivity index (χ0v) is 16.5. The van der Waals surface area contributed by atoms with E-state index in [4.69, 9.17) is 5.73 Å². The quantitative estimate of drug-likeness (QED) is 0.495. The van der Waals surface area contributed by atoms with Crippen LogP contribution in [0.5, 0.6) is 0 Å². The normalized spacial score (nSPS) is 12.5. The standard InChI is InChI=1S/C23H20F2N4O/c1-3-14(5-4-10-26)15-6-8-18-20(11-15)27-22-21(13(2)28-29(22)23(18)30)17-9-7-16(24)12-19(17)25/h3-9,11-12,28H,10,26H2,1-2H3/b5-4-,14-3+. The summed E-state index contributed by atoms with van der Waals surface area (Å²) in [6, 6.07) is 8.74. The molecular formula is C23H20F2N4O. The van der Waals surface area contributed by atoms with Crippen LogP contribution in [-0.2, 0) is 0 Å². The monoisotopic (exact) mass is 406 g/mol. The Hall–Kier alpha value is -3.58. The summed E-state index contributed by atoms with van der Waals surface area (Å²) in [6.07, 6.45) is 5.70. The van der Waals surface area contributed by atoms with Crippen molar-refractivity contribution in [3.8, 4) is 11.1 Å².